The molecule has 0 unspecified atom stereocenters. The zero-order chi connectivity index (χ0) is 28.9. The Hall–Kier alpha value is -3.06. The quantitative estimate of drug-likeness (QED) is 0.221. The molecule has 0 bridgehead atoms. The lowest BCUT2D eigenvalue weighted by Gasteiger charge is -2.31. The fourth-order valence-electron chi connectivity index (χ4n) is 6.32. The molecule has 3 aromatic rings. The Kier molecular flexibility index (Phi) is 12.1. The second-order valence-electron chi connectivity index (χ2n) is 11.7. The number of aromatic nitrogens is 4. The smallest absolute Gasteiger partial charge is 0.430 e. The number of ether oxygens (including phenoxy) is 1. The van der Waals surface area contributed by atoms with Crippen molar-refractivity contribution in [3.8, 4) is 5.75 Å². The van der Waals surface area contributed by atoms with Crippen molar-refractivity contribution in [1.29, 1.82) is 0 Å². The van der Waals surface area contributed by atoms with Crippen LogP contribution in [0.15, 0.2) is 30.6 Å². The molecular weight excluding hydrogens is 605 g/mol. The Labute approximate surface area is 271 Å². The first-order valence-corrected chi connectivity index (χ1v) is 15.5. The summed E-state index contributed by atoms with van der Waals surface area (Å²) < 4.78 is 7.70. The first kappa shape index (κ1) is 33.8. The molecule has 3 aliphatic rings. The number of nitrogens with one attached hydrogen (secondary N) is 3. The summed E-state index contributed by atoms with van der Waals surface area (Å²) >= 11 is 0. The molecule has 1 amide bonds. The van der Waals surface area contributed by atoms with E-state index in [0.29, 0.717) is 49.5 Å². The van der Waals surface area contributed by atoms with E-state index < -0.39 is 6.09 Å². The number of nitrogens with zero attached hydrogens (tertiary/aromatic N) is 5. The molecule has 0 atom stereocenters. The molecule has 3 fully saturated rings. The van der Waals surface area contributed by atoms with Crippen molar-refractivity contribution >= 4 is 59.5 Å². The first-order valence-electron chi connectivity index (χ1n) is 15.5. The van der Waals surface area contributed by atoms with Gasteiger partial charge < -0.3 is 30.5 Å². The molecule has 2 saturated carbocycles. The first-order chi connectivity index (χ1) is 20.5. The highest BCUT2D eigenvalue weighted by atomic mass is 35.5. The summed E-state index contributed by atoms with van der Waals surface area (Å²) in [4.78, 5) is 32.7. The molecule has 44 heavy (non-hydrogen) atoms. The molecule has 0 radical (unpaired) electrons. The summed E-state index contributed by atoms with van der Waals surface area (Å²) in [6.45, 7) is 3.77. The van der Waals surface area contributed by atoms with Gasteiger partial charge in [-0.3, -0.25) is 5.32 Å². The number of anilines is 3. The molecule has 1 saturated heterocycles. The monoisotopic (exact) mass is 649 g/mol. The van der Waals surface area contributed by atoms with Gasteiger partial charge in [0.2, 0.25) is 5.95 Å². The lowest BCUT2D eigenvalue weighted by molar-refractivity contribution is -0.106. The van der Waals surface area contributed by atoms with E-state index in [4.69, 9.17) is 30.3 Å². The zero-order valence-electron chi connectivity index (χ0n) is 25.2. The number of imidazole rings is 1. The van der Waals surface area contributed by atoms with Crippen LogP contribution in [0.25, 0.3) is 11.2 Å². The molecule has 3 heterocycles. The van der Waals surface area contributed by atoms with Gasteiger partial charge in [0.1, 0.15) is 5.75 Å². The van der Waals surface area contributed by atoms with E-state index in [2.05, 4.69) is 20.5 Å². The third-order valence-corrected chi connectivity index (χ3v) is 8.66. The maximum absolute atomic E-state index is 12.5. The standard InChI is InChI=1S/C30H43N9O3.2ClH/c1-2-41-25-13-11-22(12-14-25)35-30(40)42-38-17-15-23(16-18-38)33-27-26-28(39(19-32-26)24-5-3-4-6-24)37-29(36-27)34-21-9-7-20(31)8-10-21;;/h11-14,19-21,23-24H,2-10,15-18,31H2,1H3,(H,35,40)(H2,33,34,36,37);2*1H. The van der Waals surface area contributed by atoms with Crippen LogP contribution in [-0.4, -0.2) is 68.5 Å². The average molecular weight is 651 g/mol. The third kappa shape index (κ3) is 8.35. The Bertz CT molecular complexity index is 1340. The summed E-state index contributed by atoms with van der Waals surface area (Å²) in [5.41, 5.74) is 8.49. The molecule has 12 nitrogen and oxygen atoms in total. The van der Waals surface area contributed by atoms with E-state index >= 15 is 0 Å². The highest BCUT2D eigenvalue weighted by molar-refractivity contribution is 5.86. The summed E-state index contributed by atoms with van der Waals surface area (Å²) in [6, 6.07) is 8.47. The Morgan fingerprint density at radius 2 is 1.61 bits per heavy atom. The van der Waals surface area contributed by atoms with Crippen LogP contribution >= 0.6 is 24.8 Å². The van der Waals surface area contributed by atoms with Crippen molar-refractivity contribution in [3.63, 3.8) is 0 Å². The van der Waals surface area contributed by atoms with E-state index in [1.54, 1.807) is 17.2 Å². The number of piperidine rings is 1. The number of amides is 1. The number of carbonyl (C=O) groups excluding carboxylic acids is 1. The number of hydrogen-bond donors (Lipinski definition) is 4. The van der Waals surface area contributed by atoms with E-state index in [0.717, 1.165) is 74.1 Å². The zero-order valence-corrected chi connectivity index (χ0v) is 26.9. The molecule has 2 aliphatic carbocycles. The number of halogens is 2. The van der Waals surface area contributed by atoms with E-state index in [-0.39, 0.29) is 30.9 Å². The fraction of sp³-hybridized carbons (Fsp3) is 0.600. The molecule has 6 rings (SSSR count). The van der Waals surface area contributed by atoms with Gasteiger partial charge in [-0.05, 0) is 82.6 Å². The number of hydrogen-bond acceptors (Lipinski definition) is 10. The van der Waals surface area contributed by atoms with Crippen LogP contribution in [-0.2, 0) is 4.84 Å². The predicted molar refractivity (Wildman–Crippen MR) is 177 cm³/mol. The summed E-state index contributed by atoms with van der Waals surface area (Å²) in [7, 11) is 0. The molecule has 5 N–H and O–H groups in total. The summed E-state index contributed by atoms with van der Waals surface area (Å²) in [6.07, 6.45) is 11.9. The van der Waals surface area contributed by atoms with Gasteiger partial charge in [-0.15, -0.1) is 29.9 Å². The number of hydroxylamine groups is 2. The molecule has 1 aromatic carbocycles. The fourth-order valence-corrected chi connectivity index (χ4v) is 6.32. The Morgan fingerprint density at radius 3 is 2.30 bits per heavy atom. The molecule has 1 aliphatic heterocycles. The number of nitrogens with two attached hydrogens (primary N) is 1. The minimum absolute atomic E-state index is 0. The van der Waals surface area contributed by atoms with Gasteiger partial charge in [-0.25, -0.2) is 9.78 Å². The van der Waals surface area contributed by atoms with Gasteiger partial charge in [-0.1, -0.05) is 12.8 Å². The van der Waals surface area contributed by atoms with Gasteiger partial charge in [-0.2, -0.15) is 9.97 Å². The number of carbonyl (C=O) groups is 1. The molecule has 2 aromatic heterocycles. The third-order valence-electron chi connectivity index (χ3n) is 8.66. The largest absolute Gasteiger partial charge is 0.494 e. The number of benzene rings is 1. The minimum Gasteiger partial charge on any atom is -0.494 e. The van der Waals surface area contributed by atoms with Crippen LogP contribution in [0, 0.1) is 0 Å². The minimum atomic E-state index is -0.500. The maximum Gasteiger partial charge on any atom is 0.430 e. The predicted octanol–water partition coefficient (Wildman–Crippen LogP) is 5.91. The van der Waals surface area contributed by atoms with Gasteiger partial charge in [0, 0.05) is 42.9 Å². The molecular formula is C30H45Cl2N9O3. The molecule has 242 valence electrons. The average Bonchev–Trinajstić information content (AvgIpc) is 3.67. The van der Waals surface area contributed by atoms with E-state index in [1.807, 2.05) is 25.4 Å². The Morgan fingerprint density at radius 1 is 0.932 bits per heavy atom. The van der Waals surface area contributed by atoms with Gasteiger partial charge in [0.25, 0.3) is 0 Å². The summed E-state index contributed by atoms with van der Waals surface area (Å²) in [5.74, 6) is 2.18. The SMILES string of the molecule is CCOc1ccc(NC(=O)ON2CCC(Nc3nc(NC4CCC(N)CC4)nc4c3ncn4C3CCCC3)CC2)cc1.Cl.Cl. The van der Waals surface area contributed by atoms with E-state index in [9.17, 15) is 4.79 Å². The van der Waals surface area contributed by atoms with Crippen molar-refractivity contribution < 1.29 is 14.4 Å². The number of rotatable bonds is 9. The lowest BCUT2D eigenvalue weighted by atomic mass is 9.92. The second kappa shape index (κ2) is 15.8. The van der Waals surface area contributed by atoms with Gasteiger partial charge in [0.15, 0.2) is 17.0 Å². The van der Waals surface area contributed by atoms with Crippen LogP contribution in [0.1, 0.15) is 77.2 Å². The lowest BCUT2D eigenvalue weighted by Crippen LogP contribution is -2.41. The van der Waals surface area contributed by atoms with E-state index in [1.165, 1.54) is 12.8 Å². The van der Waals surface area contributed by atoms with Crippen molar-refractivity contribution in [3.05, 3.63) is 30.6 Å². The molecule has 0 spiro atoms. The van der Waals surface area contributed by atoms with Crippen LogP contribution in [0.5, 0.6) is 5.75 Å². The van der Waals surface area contributed by atoms with Crippen LogP contribution in [0.2, 0.25) is 0 Å². The van der Waals surface area contributed by atoms with Crippen molar-refractivity contribution in [1.82, 2.24) is 24.6 Å². The highest BCUT2D eigenvalue weighted by Crippen LogP contribution is 2.34. The van der Waals surface area contributed by atoms with Crippen molar-refractivity contribution in [2.45, 2.75) is 95.3 Å². The highest BCUT2D eigenvalue weighted by Gasteiger charge is 2.27. The number of fused-ring (bicyclic) bond motifs is 1. The Balaban J connectivity index is 0.00000221. The maximum atomic E-state index is 12.5. The topological polar surface area (TPSA) is 144 Å². The normalized spacial score (nSPS) is 21.2. The summed E-state index contributed by atoms with van der Waals surface area (Å²) in [5, 5.41) is 11.8. The second-order valence-corrected chi connectivity index (χ2v) is 11.7. The van der Waals surface area contributed by atoms with Gasteiger partial charge >= 0.3 is 6.09 Å². The van der Waals surface area contributed by atoms with Gasteiger partial charge in [0.05, 0.1) is 12.9 Å². The van der Waals surface area contributed by atoms with Crippen molar-refractivity contribution in [2.24, 2.45) is 5.73 Å². The van der Waals surface area contributed by atoms with Crippen LogP contribution < -0.4 is 26.4 Å². The van der Waals surface area contributed by atoms with Crippen molar-refractivity contribution in [2.75, 3.05) is 35.6 Å². The molecule has 14 heteroatoms. The van der Waals surface area contributed by atoms with Crippen LogP contribution in [0.4, 0.5) is 22.2 Å². The van der Waals surface area contributed by atoms with Crippen LogP contribution in [0.3, 0.4) is 0 Å².